The molecule has 0 aliphatic carbocycles. The van der Waals surface area contributed by atoms with Crippen molar-refractivity contribution in [3.8, 4) is 0 Å². The Kier molecular flexibility index (Phi) is 5.43. The van der Waals surface area contributed by atoms with Crippen LogP contribution >= 0.6 is 11.8 Å². The molecule has 5 heteroatoms. The highest BCUT2D eigenvalue weighted by atomic mass is 32.2. The third-order valence-corrected chi connectivity index (χ3v) is 5.02. The maximum absolute atomic E-state index is 11.0. The van der Waals surface area contributed by atoms with Crippen LogP contribution in [0.5, 0.6) is 0 Å². The van der Waals surface area contributed by atoms with Crippen molar-refractivity contribution < 1.29 is 8.42 Å². The number of sulfone groups is 1. The predicted molar refractivity (Wildman–Crippen MR) is 67.3 cm³/mol. The van der Waals surface area contributed by atoms with Gasteiger partial charge in [0, 0.05) is 24.1 Å². The van der Waals surface area contributed by atoms with Crippen LogP contribution in [-0.2, 0) is 9.84 Å². The second-order valence-electron chi connectivity index (χ2n) is 4.39. The highest BCUT2D eigenvalue weighted by molar-refractivity contribution is 7.99. The van der Waals surface area contributed by atoms with Crippen LogP contribution < -0.4 is 5.32 Å². The largest absolute Gasteiger partial charge is 0.312 e. The fourth-order valence-corrected chi connectivity index (χ4v) is 4.09. The van der Waals surface area contributed by atoms with Crippen molar-refractivity contribution in [2.24, 2.45) is 0 Å². The van der Waals surface area contributed by atoms with E-state index < -0.39 is 9.84 Å². The number of hydrogen-bond acceptors (Lipinski definition) is 4. The molecule has 3 nitrogen and oxygen atoms in total. The van der Waals surface area contributed by atoms with Gasteiger partial charge in [-0.05, 0) is 25.5 Å². The van der Waals surface area contributed by atoms with Crippen molar-refractivity contribution in [2.75, 3.05) is 24.3 Å². The maximum Gasteiger partial charge on any atom is 0.148 e. The van der Waals surface area contributed by atoms with E-state index in [0.717, 1.165) is 6.54 Å². The monoisotopic (exact) mass is 251 g/mol. The first-order chi connectivity index (χ1) is 6.97. The molecule has 1 aliphatic rings. The first-order valence-corrected chi connectivity index (χ1v) is 8.61. The van der Waals surface area contributed by atoms with Gasteiger partial charge in [-0.25, -0.2) is 8.42 Å². The SMILES string of the molecule is CC(CS(C)(=O)=O)NCC1CCCCS1. The molecule has 15 heavy (non-hydrogen) atoms. The molecule has 2 unspecified atom stereocenters. The van der Waals surface area contributed by atoms with Crippen LogP contribution in [0.15, 0.2) is 0 Å². The Morgan fingerprint density at radius 3 is 2.73 bits per heavy atom. The van der Waals surface area contributed by atoms with Gasteiger partial charge in [0.05, 0.1) is 5.75 Å². The summed E-state index contributed by atoms with van der Waals surface area (Å²) < 4.78 is 22.1. The third kappa shape index (κ3) is 6.43. The lowest BCUT2D eigenvalue weighted by molar-refractivity contribution is 0.537. The average molecular weight is 251 g/mol. The molecule has 0 amide bonds. The molecule has 0 radical (unpaired) electrons. The lowest BCUT2D eigenvalue weighted by Gasteiger charge is -2.23. The summed E-state index contributed by atoms with van der Waals surface area (Å²) in [5, 5.41) is 3.99. The van der Waals surface area contributed by atoms with Crippen LogP contribution in [0.2, 0.25) is 0 Å². The van der Waals surface area contributed by atoms with Crippen LogP contribution in [0.4, 0.5) is 0 Å². The zero-order valence-electron chi connectivity index (χ0n) is 9.53. The van der Waals surface area contributed by atoms with Crippen LogP contribution in [0, 0.1) is 0 Å². The van der Waals surface area contributed by atoms with Crippen molar-refractivity contribution in [1.29, 1.82) is 0 Å². The molecular formula is C10H21NO2S2. The van der Waals surface area contributed by atoms with E-state index in [1.54, 1.807) is 0 Å². The molecule has 90 valence electrons. The fraction of sp³-hybridized carbons (Fsp3) is 1.00. The average Bonchev–Trinajstić information content (AvgIpc) is 2.14. The highest BCUT2D eigenvalue weighted by Gasteiger charge is 2.16. The van der Waals surface area contributed by atoms with E-state index in [4.69, 9.17) is 0 Å². The number of hydrogen-bond donors (Lipinski definition) is 1. The molecule has 0 bridgehead atoms. The van der Waals surface area contributed by atoms with Gasteiger partial charge in [0.2, 0.25) is 0 Å². The minimum atomic E-state index is -2.85. The van der Waals surface area contributed by atoms with E-state index in [1.165, 1.54) is 31.3 Å². The fourth-order valence-electron chi connectivity index (χ4n) is 1.81. The molecular weight excluding hydrogens is 230 g/mol. The summed E-state index contributed by atoms with van der Waals surface area (Å²) in [4.78, 5) is 0. The topological polar surface area (TPSA) is 46.2 Å². The highest BCUT2D eigenvalue weighted by Crippen LogP contribution is 2.24. The molecule has 0 aromatic carbocycles. The van der Waals surface area contributed by atoms with Crippen molar-refractivity contribution >= 4 is 21.6 Å². The number of nitrogens with one attached hydrogen (secondary N) is 1. The zero-order chi connectivity index (χ0) is 11.3. The van der Waals surface area contributed by atoms with Gasteiger partial charge in [0.1, 0.15) is 9.84 Å². The summed E-state index contributed by atoms with van der Waals surface area (Å²) >= 11 is 2.01. The van der Waals surface area contributed by atoms with E-state index in [-0.39, 0.29) is 11.8 Å². The molecule has 1 N–H and O–H groups in total. The van der Waals surface area contributed by atoms with Gasteiger partial charge in [-0.2, -0.15) is 11.8 Å². The molecule has 0 aromatic heterocycles. The van der Waals surface area contributed by atoms with Crippen molar-refractivity contribution in [3.63, 3.8) is 0 Å². The third-order valence-electron chi connectivity index (χ3n) is 2.52. The minimum Gasteiger partial charge on any atom is -0.312 e. The standard InChI is InChI=1S/C10H21NO2S2/c1-9(8-15(2,12)13)11-7-10-5-3-4-6-14-10/h9-11H,3-8H2,1-2H3. The second-order valence-corrected chi connectivity index (χ2v) is 7.98. The van der Waals surface area contributed by atoms with Crippen molar-refractivity contribution in [2.45, 2.75) is 37.5 Å². The quantitative estimate of drug-likeness (QED) is 0.800. The molecule has 1 rings (SSSR count). The summed E-state index contributed by atoms with van der Waals surface area (Å²) in [5.74, 6) is 1.50. The molecule has 1 aliphatic heterocycles. The Morgan fingerprint density at radius 2 is 2.20 bits per heavy atom. The summed E-state index contributed by atoms with van der Waals surface area (Å²) in [6.07, 6.45) is 5.21. The Bertz CT molecular complexity index is 271. The molecule has 0 saturated carbocycles. The molecule has 1 heterocycles. The lowest BCUT2D eigenvalue weighted by Crippen LogP contribution is -2.37. The first-order valence-electron chi connectivity index (χ1n) is 5.50. The molecule has 1 saturated heterocycles. The summed E-state index contributed by atoms with van der Waals surface area (Å²) in [6.45, 7) is 2.88. The zero-order valence-corrected chi connectivity index (χ0v) is 11.2. The van der Waals surface area contributed by atoms with Crippen LogP contribution in [0.1, 0.15) is 26.2 Å². The van der Waals surface area contributed by atoms with Crippen molar-refractivity contribution in [3.05, 3.63) is 0 Å². The van der Waals surface area contributed by atoms with E-state index in [2.05, 4.69) is 5.32 Å². The summed E-state index contributed by atoms with van der Waals surface area (Å²) in [6, 6.07) is 0.0718. The smallest absolute Gasteiger partial charge is 0.148 e. The van der Waals surface area contributed by atoms with Gasteiger partial charge in [-0.15, -0.1) is 0 Å². The van der Waals surface area contributed by atoms with Gasteiger partial charge in [0.25, 0.3) is 0 Å². The van der Waals surface area contributed by atoms with Crippen LogP contribution in [0.3, 0.4) is 0 Å². The first kappa shape index (κ1) is 13.3. The van der Waals surface area contributed by atoms with E-state index >= 15 is 0 Å². The van der Waals surface area contributed by atoms with Crippen LogP contribution in [0.25, 0.3) is 0 Å². The van der Waals surface area contributed by atoms with Gasteiger partial charge in [-0.3, -0.25) is 0 Å². The van der Waals surface area contributed by atoms with Gasteiger partial charge >= 0.3 is 0 Å². The van der Waals surface area contributed by atoms with Crippen LogP contribution in [-0.4, -0.2) is 44.0 Å². The van der Waals surface area contributed by atoms with Gasteiger partial charge in [0.15, 0.2) is 0 Å². The van der Waals surface area contributed by atoms with Gasteiger partial charge in [-0.1, -0.05) is 6.42 Å². The molecule has 2 atom stereocenters. The Labute approximate surface area is 97.3 Å². The summed E-state index contributed by atoms with van der Waals surface area (Å²) in [7, 11) is -2.85. The molecule has 1 fully saturated rings. The minimum absolute atomic E-state index is 0.0718. The normalized spacial score (nSPS) is 25.1. The number of rotatable bonds is 5. The maximum atomic E-state index is 11.0. The van der Waals surface area contributed by atoms with Crippen molar-refractivity contribution in [1.82, 2.24) is 5.32 Å². The Hall–Kier alpha value is 0.260. The van der Waals surface area contributed by atoms with E-state index in [0.29, 0.717) is 5.25 Å². The Balaban J connectivity index is 2.18. The summed E-state index contributed by atoms with van der Waals surface area (Å²) in [5.41, 5.74) is 0. The Morgan fingerprint density at radius 1 is 1.47 bits per heavy atom. The number of thioether (sulfide) groups is 1. The van der Waals surface area contributed by atoms with Gasteiger partial charge < -0.3 is 5.32 Å². The lowest BCUT2D eigenvalue weighted by atomic mass is 10.2. The predicted octanol–water partition coefficient (Wildman–Crippen LogP) is 1.29. The molecule has 0 spiro atoms. The molecule has 0 aromatic rings. The van der Waals surface area contributed by atoms with E-state index in [1.807, 2.05) is 18.7 Å². The van der Waals surface area contributed by atoms with E-state index in [9.17, 15) is 8.42 Å². The second kappa shape index (κ2) is 6.11.